The van der Waals surface area contributed by atoms with E-state index in [-0.39, 0.29) is 6.42 Å². The van der Waals surface area contributed by atoms with E-state index in [1.165, 1.54) is 0 Å². The zero-order valence-electron chi connectivity index (χ0n) is 11.1. The summed E-state index contributed by atoms with van der Waals surface area (Å²) in [4.78, 5) is 23.3. The lowest BCUT2D eigenvalue weighted by Gasteiger charge is -2.20. The van der Waals surface area contributed by atoms with Crippen molar-refractivity contribution >= 4 is 23.6 Å². The summed E-state index contributed by atoms with van der Waals surface area (Å²) in [7, 11) is 3.81. The number of amides is 1. The first-order valence-corrected chi connectivity index (χ1v) is 5.84. The minimum atomic E-state index is -1.07. The van der Waals surface area contributed by atoms with E-state index in [9.17, 15) is 9.59 Å². The van der Waals surface area contributed by atoms with E-state index in [0.29, 0.717) is 12.0 Å². The molecule has 0 saturated carbocycles. The minimum absolute atomic E-state index is 0.166. The molecular weight excluding hydrogens is 244 g/mol. The van der Waals surface area contributed by atoms with E-state index in [2.05, 4.69) is 11.9 Å². The molecule has 0 aromatic heterocycles. The Morgan fingerprint density at radius 2 is 2.11 bits per heavy atom. The Morgan fingerprint density at radius 3 is 2.63 bits per heavy atom. The van der Waals surface area contributed by atoms with Crippen molar-refractivity contribution in [3.05, 3.63) is 36.4 Å². The second kappa shape index (κ2) is 6.58. The molecule has 0 fully saturated rings. The summed E-state index contributed by atoms with van der Waals surface area (Å²) in [6.45, 7) is 3.93. The van der Waals surface area contributed by atoms with Crippen LogP contribution in [-0.2, 0) is 9.59 Å². The number of carbonyl (C=O) groups excluding carboxylic acids is 1. The van der Waals surface area contributed by atoms with Crippen LogP contribution in [0.2, 0.25) is 0 Å². The Kier molecular flexibility index (Phi) is 5.11. The van der Waals surface area contributed by atoms with Crippen LogP contribution in [0.3, 0.4) is 0 Å². The Balaban J connectivity index is 2.94. The van der Waals surface area contributed by atoms with Gasteiger partial charge >= 0.3 is 5.97 Å². The van der Waals surface area contributed by atoms with Crippen LogP contribution in [0.25, 0.3) is 5.57 Å². The molecule has 0 heterocycles. The number of para-hydroxylation sites is 1. The van der Waals surface area contributed by atoms with Gasteiger partial charge in [-0.3, -0.25) is 4.79 Å². The van der Waals surface area contributed by atoms with E-state index in [1.807, 2.05) is 43.3 Å². The van der Waals surface area contributed by atoms with Crippen molar-refractivity contribution in [3.63, 3.8) is 0 Å². The number of carboxylic acid groups (broad SMARTS) is 1. The molecule has 1 amide bonds. The fourth-order valence-electron chi connectivity index (χ4n) is 1.82. The number of carboxylic acids is 1. The van der Waals surface area contributed by atoms with Crippen LogP contribution >= 0.6 is 0 Å². The van der Waals surface area contributed by atoms with Crippen molar-refractivity contribution < 1.29 is 14.7 Å². The molecule has 0 aliphatic carbocycles. The highest BCUT2D eigenvalue weighted by Gasteiger charge is 2.19. The van der Waals surface area contributed by atoms with Gasteiger partial charge < -0.3 is 15.3 Å². The second-order valence-electron chi connectivity index (χ2n) is 4.39. The highest BCUT2D eigenvalue weighted by atomic mass is 16.4. The lowest BCUT2D eigenvalue weighted by atomic mass is 9.98. The van der Waals surface area contributed by atoms with Gasteiger partial charge in [-0.05, 0) is 11.6 Å². The zero-order chi connectivity index (χ0) is 14.4. The molecule has 2 N–H and O–H groups in total. The predicted molar refractivity (Wildman–Crippen MR) is 75.0 cm³/mol. The van der Waals surface area contributed by atoms with Crippen molar-refractivity contribution in [3.8, 4) is 0 Å². The van der Waals surface area contributed by atoms with E-state index >= 15 is 0 Å². The highest BCUT2D eigenvalue weighted by molar-refractivity contribution is 5.82. The molecule has 1 rings (SSSR count). The molecule has 102 valence electrons. The van der Waals surface area contributed by atoms with Gasteiger partial charge in [0.15, 0.2) is 0 Å². The molecule has 5 heteroatoms. The Bertz CT molecular complexity index is 483. The van der Waals surface area contributed by atoms with Crippen LogP contribution in [0.15, 0.2) is 30.8 Å². The normalized spacial score (nSPS) is 11.5. The van der Waals surface area contributed by atoms with Crippen LogP contribution in [0.5, 0.6) is 0 Å². The predicted octanol–water partition coefficient (Wildman–Crippen LogP) is 1.36. The third-order valence-electron chi connectivity index (χ3n) is 2.78. The summed E-state index contributed by atoms with van der Waals surface area (Å²) in [6.07, 6.45) is 0.558. The van der Waals surface area contributed by atoms with Gasteiger partial charge in [0, 0.05) is 31.8 Å². The van der Waals surface area contributed by atoms with Crippen LogP contribution in [0.1, 0.15) is 12.0 Å². The standard InChI is InChI=1S/C14H18N2O3/c1-10(8-12(14(18)19)15-9-17)11-6-4-5-7-13(11)16(2)3/h4-7,9,12H,1,8H2,2-3H3,(H,15,17)(H,18,19). The number of nitrogens with one attached hydrogen (secondary N) is 1. The first-order valence-electron chi connectivity index (χ1n) is 5.84. The monoisotopic (exact) mass is 262 g/mol. The molecule has 0 radical (unpaired) electrons. The molecular formula is C14H18N2O3. The molecule has 0 bridgehead atoms. The van der Waals surface area contributed by atoms with Crippen LogP contribution in [0, 0.1) is 0 Å². The molecule has 1 aromatic carbocycles. The lowest BCUT2D eigenvalue weighted by molar-refractivity contribution is -0.140. The molecule has 0 aliphatic rings. The van der Waals surface area contributed by atoms with Crippen LogP contribution in [-0.4, -0.2) is 37.6 Å². The SMILES string of the molecule is C=C(CC(NC=O)C(=O)O)c1ccccc1N(C)C. The average Bonchev–Trinajstić information content (AvgIpc) is 2.37. The summed E-state index contributed by atoms with van der Waals surface area (Å²) in [5, 5.41) is 11.3. The number of hydrogen-bond donors (Lipinski definition) is 2. The van der Waals surface area contributed by atoms with Gasteiger partial charge in [-0.1, -0.05) is 24.8 Å². The maximum atomic E-state index is 11.0. The molecule has 0 aliphatic heterocycles. The van der Waals surface area contributed by atoms with E-state index < -0.39 is 12.0 Å². The maximum absolute atomic E-state index is 11.0. The molecule has 0 spiro atoms. The quantitative estimate of drug-likeness (QED) is 0.728. The Morgan fingerprint density at radius 1 is 1.47 bits per heavy atom. The maximum Gasteiger partial charge on any atom is 0.326 e. The fraction of sp³-hybridized carbons (Fsp3) is 0.286. The van der Waals surface area contributed by atoms with Crippen LogP contribution < -0.4 is 10.2 Å². The van der Waals surface area contributed by atoms with Crippen molar-refractivity contribution in [2.45, 2.75) is 12.5 Å². The lowest BCUT2D eigenvalue weighted by Crippen LogP contribution is -2.35. The van der Waals surface area contributed by atoms with Gasteiger partial charge in [-0.25, -0.2) is 4.79 Å². The molecule has 1 atom stereocenters. The first-order chi connectivity index (χ1) is 8.97. The van der Waals surface area contributed by atoms with Gasteiger partial charge in [0.25, 0.3) is 0 Å². The second-order valence-corrected chi connectivity index (χ2v) is 4.39. The largest absolute Gasteiger partial charge is 0.480 e. The number of rotatable bonds is 7. The zero-order valence-corrected chi connectivity index (χ0v) is 11.1. The van der Waals surface area contributed by atoms with Gasteiger partial charge in [-0.15, -0.1) is 0 Å². The number of hydrogen-bond acceptors (Lipinski definition) is 3. The third kappa shape index (κ3) is 3.84. The van der Waals surface area contributed by atoms with Crippen LogP contribution in [0.4, 0.5) is 5.69 Å². The van der Waals surface area contributed by atoms with Crippen molar-refractivity contribution in [1.82, 2.24) is 5.32 Å². The summed E-state index contributed by atoms with van der Waals surface area (Å²) < 4.78 is 0. The van der Waals surface area contributed by atoms with Crippen molar-refractivity contribution in [2.75, 3.05) is 19.0 Å². The number of benzene rings is 1. The van der Waals surface area contributed by atoms with Gasteiger partial charge in [0.1, 0.15) is 6.04 Å². The first kappa shape index (κ1) is 14.8. The molecule has 1 unspecified atom stereocenters. The number of carbonyl (C=O) groups is 2. The fourth-order valence-corrected chi connectivity index (χ4v) is 1.82. The van der Waals surface area contributed by atoms with E-state index in [0.717, 1.165) is 11.3 Å². The molecule has 5 nitrogen and oxygen atoms in total. The molecule has 1 aromatic rings. The number of anilines is 1. The van der Waals surface area contributed by atoms with Gasteiger partial charge in [0.05, 0.1) is 0 Å². The Hall–Kier alpha value is -2.30. The number of nitrogens with zero attached hydrogens (tertiary/aromatic N) is 1. The average molecular weight is 262 g/mol. The van der Waals surface area contributed by atoms with Gasteiger partial charge in [0.2, 0.25) is 6.41 Å². The van der Waals surface area contributed by atoms with Crippen molar-refractivity contribution in [1.29, 1.82) is 0 Å². The van der Waals surface area contributed by atoms with Gasteiger partial charge in [-0.2, -0.15) is 0 Å². The summed E-state index contributed by atoms with van der Waals surface area (Å²) in [6, 6.07) is 6.64. The summed E-state index contributed by atoms with van der Waals surface area (Å²) >= 11 is 0. The number of aliphatic carboxylic acids is 1. The van der Waals surface area contributed by atoms with E-state index in [1.54, 1.807) is 0 Å². The topological polar surface area (TPSA) is 69.6 Å². The van der Waals surface area contributed by atoms with E-state index in [4.69, 9.17) is 5.11 Å². The summed E-state index contributed by atoms with van der Waals surface area (Å²) in [5.41, 5.74) is 2.51. The summed E-state index contributed by atoms with van der Waals surface area (Å²) in [5.74, 6) is -1.07. The minimum Gasteiger partial charge on any atom is -0.480 e. The Labute approximate surface area is 112 Å². The van der Waals surface area contributed by atoms with Crippen molar-refractivity contribution in [2.24, 2.45) is 0 Å². The molecule has 19 heavy (non-hydrogen) atoms. The highest BCUT2D eigenvalue weighted by Crippen LogP contribution is 2.27. The molecule has 0 saturated heterocycles. The third-order valence-corrected chi connectivity index (χ3v) is 2.78. The smallest absolute Gasteiger partial charge is 0.326 e.